The number of likely N-dealkylation sites (N-methyl/N-ethyl adjacent to an activating group) is 1. The summed E-state index contributed by atoms with van der Waals surface area (Å²) in [5, 5.41) is 0.641. The highest BCUT2D eigenvalue weighted by Gasteiger charge is 2.30. The molecular formula is C21H20N2O3S. The van der Waals surface area contributed by atoms with Crippen LogP contribution < -0.4 is 9.47 Å². The lowest BCUT2D eigenvalue weighted by Crippen LogP contribution is -2.23. The standard InChI is InChI=1S/C21H20N2O3S/c1-4-13-26-18-9-5-15(6-10-18)14-19-20(24)23(2)21(27-19)22-16-7-11-17(25-3)12-8-16/h4-12,14H,1,13H2,2-3H3/b19-14-,22-21?. The molecular weight excluding hydrogens is 360 g/mol. The fourth-order valence-corrected chi connectivity index (χ4v) is 3.37. The second-order valence-electron chi connectivity index (χ2n) is 5.74. The molecule has 1 saturated heterocycles. The molecule has 0 aliphatic carbocycles. The average Bonchev–Trinajstić information content (AvgIpc) is 2.96. The second-order valence-corrected chi connectivity index (χ2v) is 6.75. The van der Waals surface area contributed by atoms with E-state index in [1.165, 1.54) is 11.8 Å². The van der Waals surface area contributed by atoms with E-state index in [1.807, 2.05) is 54.6 Å². The van der Waals surface area contributed by atoms with E-state index >= 15 is 0 Å². The van der Waals surface area contributed by atoms with E-state index in [1.54, 1.807) is 25.1 Å². The van der Waals surface area contributed by atoms with Crippen molar-refractivity contribution >= 4 is 34.6 Å². The summed E-state index contributed by atoms with van der Waals surface area (Å²) in [6.07, 6.45) is 3.56. The van der Waals surface area contributed by atoms with Gasteiger partial charge in [-0.2, -0.15) is 0 Å². The SMILES string of the molecule is C=CCOc1ccc(/C=C2\SC(=Nc3ccc(OC)cc3)N(C)C2=O)cc1. The van der Waals surface area contributed by atoms with E-state index in [0.29, 0.717) is 16.7 Å². The summed E-state index contributed by atoms with van der Waals surface area (Å²) in [7, 11) is 3.35. The minimum absolute atomic E-state index is 0.0701. The van der Waals surface area contributed by atoms with Gasteiger partial charge in [-0.25, -0.2) is 4.99 Å². The Labute approximate surface area is 163 Å². The van der Waals surface area contributed by atoms with Crippen LogP contribution in [0.2, 0.25) is 0 Å². The van der Waals surface area contributed by atoms with Gasteiger partial charge in [-0.15, -0.1) is 0 Å². The summed E-state index contributed by atoms with van der Waals surface area (Å²) in [6.45, 7) is 4.09. The van der Waals surface area contributed by atoms with Gasteiger partial charge in [-0.05, 0) is 59.8 Å². The van der Waals surface area contributed by atoms with Crippen molar-refractivity contribution in [1.29, 1.82) is 0 Å². The average molecular weight is 380 g/mol. The Morgan fingerprint density at radius 1 is 1.11 bits per heavy atom. The summed E-state index contributed by atoms with van der Waals surface area (Å²) in [6, 6.07) is 15.0. The highest BCUT2D eigenvalue weighted by Crippen LogP contribution is 2.33. The molecule has 1 aliphatic heterocycles. The summed E-state index contributed by atoms with van der Waals surface area (Å²) in [5.41, 5.74) is 1.69. The van der Waals surface area contributed by atoms with Gasteiger partial charge < -0.3 is 9.47 Å². The molecule has 0 aromatic heterocycles. The van der Waals surface area contributed by atoms with Crippen LogP contribution in [0, 0.1) is 0 Å². The van der Waals surface area contributed by atoms with Crippen molar-refractivity contribution in [2.24, 2.45) is 4.99 Å². The summed E-state index contributed by atoms with van der Waals surface area (Å²) in [5.74, 6) is 1.46. The highest BCUT2D eigenvalue weighted by molar-refractivity contribution is 8.18. The molecule has 0 bridgehead atoms. The Morgan fingerprint density at radius 3 is 2.41 bits per heavy atom. The summed E-state index contributed by atoms with van der Waals surface area (Å²) in [4.78, 5) is 19.3. The van der Waals surface area contributed by atoms with Crippen LogP contribution in [-0.4, -0.2) is 36.7 Å². The lowest BCUT2D eigenvalue weighted by atomic mass is 10.2. The molecule has 0 N–H and O–H groups in total. The van der Waals surface area contributed by atoms with Crippen molar-refractivity contribution in [1.82, 2.24) is 4.90 Å². The van der Waals surface area contributed by atoms with Crippen LogP contribution in [0.1, 0.15) is 5.56 Å². The van der Waals surface area contributed by atoms with Gasteiger partial charge in [0.2, 0.25) is 0 Å². The maximum atomic E-state index is 12.5. The van der Waals surface area contributed by atoms with Gasteiger partial charge >= 0.3 is 0 Å². The molecule has 1 amide bonds. The molecule has 1 fully saturated rings. The van der Waals surface area contributed by atoms with Gasteiger partial charge in [0.1, 0.15) is 18.1 Å². The van der Waals surface area contributed by atoms with Crippen molar-refractivity contribution < 1.29 is 14.3 Å². The molecule has 6 heteroatoms. The Hall–Kier alpha value is -2.99. The molecule has 0 unspecified atom stereocenters. The number of carbonyl (C=O) groups excluding carboxylic acids is 1. The quantitative estimate of drug-likeness (QED) is 0.547. The normalized spacial score (nSPS) is 16.8. The lowest BCUT2D eigenvalue weighted by Gasteiger charge is -2.07. The summed E-state index contributed by atoms with van der Waals surface area (Å²) >= 11 is 1.36. The number of amides is 1. The lowest BCUT2D eigenvalue weighted by molar-refractivity contribution is -0.121. The van der Waals surface area contributed by atoms with Gasteiger partial charge in [0.25, 0.3) is 5.91 Å². The third kappa shape index (κ3) is 4.60. The number of benzene rings is 2. The van der Waals surface area contributed by atoms with Crippen molar-refractivity contribution in [3.05, 3.63) is 71.7 Å². The molecule has 138 valence electrons. The first kappa shape index (κ1) is 18.8. The van der Waals surface area contributed by atoms with Crippen molar-refractivity contribution in [3.63, 3.8) is 0 Å². The molecule has 1 heterocycles. The van der Waals surface area contributed by atoms with Crippen LogP contribution in [0.3, 0.4) is 0 Å². The van der Waals surface area contributed by atoms with Crippen LogP contribution >= 0.6 is 11.8 Å². The van der Waals surface area contributed by atoms with Gasteiger partial charge in [0.15, 0.2) is 5.17 Å². The van der Waals surface area contributed by atoms with E-state index in [-0.39, 0.29) is 5.91 Å². The number of hydrogen-bond donors (Lipinski definition) is 0. The van der Waals surface area contributed by atoms with E-state index < -0.39 is 0 Å². The number of amidine groups is 1. The van der Waals surface area contributed by atoms with Crippen LogP contribution in [0.15, 0.2) is 71.1 Å². The fraction of sp³-hybridized carbons (Fsp3) is 0.143. The van der Waals surface area contributed by atoms with Crippen molar-refractivity contribution in [2.45, 2.75) is 0 Å². The highest BCUT2D eigenvalue weighted by atomic mass is 32.2. The number of rotatable bonds is 6. The Bertz CT molecular complexity index is 887. The maximum absolute atomic E-state index is 12.5. The molecule has 5 nitrogen and oxygen atoms in total. The Morgan fingerprint density at radius 2 is 1.78 bits per heavy atom. The predicted octanol–water partition coefficient (Wildman–Crippen LogP) is 4.49. The number of thioether (sulfide) groups is 1. The Kier molecular flexibility index (Phi) is 5.98. The number of ether oxygens (including phenoxy) is 2. The Balaban J connectivity index is 1.77. The third-order valence-electron chi connectivity index (χ3n) is 3.85. The van der Waals surface area contributed by atoms with Gasteiger partial charge in [-0.1, -0.05) is 24.8 Å². The predicted molar refractivity (Wildman–Crippen MR) is 111 cm³/mol. The monoisotopic (exact) mass is 380 g/mol. The van der Waals surface area contributed by atoms with Crippen LogP contribution in [-0.2, 0) is 4.79 Å². The zero-order valence-electron chi connectivity index (χ0n) is 15.2. The number of aliphatic imine (C=N–C) groups is 1. The van der Waals surface area contributed by atoms with Gasteiger partial charge in [0, 0.05) is 7.05 Å². The van der Waals surface area contributed by atoms with Gasteiger partial charge in [0.05, 0.1) is 17.7 Å². The maximum Gasteiger partial charge on any atom is 0.266 e. The molecule has 0 saturated carbocycles. The molecule has 2 aromatic carbocycles. The number of methoxy groups -OCH3 is 1. The van der Waals surface area contributed by atoms with Crippen LogP contribution in [0.4, 0.5) is 5.69 Å². The molecule has 3 rings (SSSR count). The van der Waals surface area contributed by atoms with Crippen molar-refractivity contribution in [2.75, 3.05) is 20.8 Å². The molecule has 27 heavy (non-hydrogen) atoms. The van der Waals surface area contributed by atoms with Crippen LogP contribution in [0.5, 0.6) is 11.5 Å². The molecule has 1 aliphatic rings. The zero-order valence-corrected chi connectivity index (χ0v) is 16.0. The fourth-order valence-electron chi connectivity index (χ4n) is 2.39. The minimum Gasteiger partial charge on any atom is -0.497 e. The number of nitrogens with zero attached hydrogens (tertiary/aromatic N) is 2. The third-order valence-corrected chi connectivity index (χ3v) is 4.91. The van der Waals surface area contributed by atoms with Gasteiger partial charge in [-0.3, -0.25) is 9.69 Å². The largest absolute Gasteiger partial charge is 0.497 e. The van der Waals surface area contributed by atoms with Crippen LogP contribution in [0.25, 0.3) is 6.08 Å². The topological polar surface area (TPSA) is 51.1 Å². The molecule has 2 aromatic rings. The first-order valence-electron chi connectivity index (χ1n) is 8.35. The second kappa shape index (κ2) is 8.60. The zero-order chi connectivity index (χ0) is 19.2. The summed E-state index contributed by atoms with van der Waals surface area (Å²) < 4.78 is 10.6. The molecule has 0 atom stereocenters. The van der Waals surface area contributed by atoms with E-state index in [0.717, 1.165) is 22.7 Å². The van der Waals surface area contributed by atoms with E-state index in [9.17, 15) is 4.79 Å². The first-order valence-corrected chi connectivity index (χ1v) is 9.16. The number of carbonyl (C=O) groups is 1. The number of hydrogen-bond acceptors (Lipinski definition) is 5. The van der Waals surface area contributed by atoms with E-state index in [2.05, 4.69) is 11.6 Å². The molecule has 0 radical (unpaired) electrons. The van der Waals surface area contributed by atoms with E-state index in [4.69, 9.17) is 9.47 Å². The molecule has 0 spiro atoms. The van der Waals surface area contributed by atoms with Crippen molar-refractivity contribution in [3.8, 4) is 11.5 Å². The minimum atomic E-state index is -0.0701. The smallest absolute Gasteiger partial charge is 0.266 e. The first-order chi connectivity index (χ1) is 13.1.